The zero-order valence-electron chi connectivity index (χ0n) is 14.5. The van der Waals surface area contributed by atoms with E-state index in [1.807, 2.05) is 4.57 Å². The van der Waals surface area contributed by atoms with E-state index in [1.54, 1.807) is 18.3 Å². The molecule has 0 radical (unpaired) electrons. The van der Waals surface area contributed by atoms with Gasteiger partial charge in [-0.05, 0) is 44.0 Å². The number of nitrogens with one attached hydrogen (secondary N) is 1. The summed E-state index contributed by atoms with van der Waals surface area (Å²) < 4.78 is 42.2. The van der Waals surface area contributed by atoms with E-state index in [0.717, 1.165) is 25.9 Å². The van der Waals surface area contributed by atoms with E-state index >= 15 is 0 Å². The Hall–Kier alpha value is -1.96. The van der Waals surface area contributed by atoms with Gasteiger partial charge in [0.1, 0.15) is 0 Å². The number of nitrogens with zero attached hydrogens (tertiary/aromatic N) is 2. The summed E-state index contributed by atoms with van der Waals surface area (Å²) in [5.74, 6) is -0.277. The minimum Gasteiger partial charge on any atom is -0.345 e. The van der Waals surface area contributed by atoms with Crippen molar-refractivity contribution in [2.75, 3.05) is 13.1 Å². The fraction of sp³-hybridized carbons (Fsp3) is 0.316. The van der Waals surface area contributed by atoms with Gasteiger partial charge >= 0.3 is 0 Å². The second-order valence-corrected chi connectivity index (χ2v) is 9.09. The van der Waals surface area contributed by atoms with Crippen molar-refractivity contribution < 1.29 is 12.8 Å². The van der Waals surface area contributed by atoms with Gasteiger partial charge in [0.15, 0.2) is 0 Å². The first-order valence-electron chi connectivity index (χ1n) is 8.81. The van der Waals surface area contributed by atoms with Crippen LogP contribution in [0.2, 0.25) is 5.02 Å². The molecule has 142 valence electrons. The fourth-order valence-electron chi connectivity index (χ4n) is 3.62. The summed E-state index contributed by atoms with van der Waals surface area (Å²) in [6, 6.07) is 7.47. The molecular weight excluding hydrogens is 389 g/mol. The van der Waals surface area contributed by atoms with Crippen LogP contribution in [0, 0.1) is 11.9 Å². The van der Waals surface area contributed by atoms with Gasteiger partial charge in [0.2, 0.25) is 15.8 Å². The van der Waals surface area contributed by atoms with Crippen molar-refractivity contribution in [3.63, 3.8) is 0 Å². The molecule has 0 saturated carbocycles. The Labute approximate surface area is 162 Å². The van der Waals surface area contributed by atoms with Crippen molar-refractivity contribution >= 4 is 32.3 Å². The second kappa shape index (κ2) is 7.22. The Kier molecular flexibility index (Phi) is 4.92. The maximum atomic E-state index is 13.8. The van der Waals surface area contributed by atoms with Crippen LogP contribution in [-0.4, -0.2) is 31.1 Å². The van der Waals surface area contributed by atoms with Gasteiger partial charge in [0.05, 0.1) is 26.5 Å². The smallest absolute Gasteiger partial charge is 0.213 e. The molecule has 5 nitrogen and oxygen atoms in total. The number of hydrogen-bond acceptors (Lipinski definition) is 4. The van der Waals surface area contributed by atoms with Crippen LogP contribution in [0.3, 0.4) is 0 Å². The highest BCUT2D eigenvalue weighted by atomic mass is 35.5. The molecule has 1 saturated heterocycles. The van der Waals surface area contributed by atoms with E-state index in [4.69, 9.17) is 11.6 Å². The first-order valence-corrected chi connectivity index (χ1v) is 10.7. The molecule has 0 atom stereocenters. The van der Waals surface area contributed by atoms with E-state index in [0.29, 0.717) is 23.4 Å². The predicted octanol–water partition coefficient (Wildman–Crippen LogP) is 3.66. The van der Waals surface area contributed by atoms with Crippen molar-refractivity contribution in [3.05, 3.63) is 53.7 Å². The minimum atomic E-state index is -3.89. The molecule has 4 rings (SSSR count). The zero-order valence-corrected chi connectivity index (χ0v) is 16.1. The van der Waals surface area contributed by atoms with Crippen molar-refractivity contribution in [2.24, 2.45) is 5.92 Å². The lowest BCUT2D eigenvalue weighted by Gasteiger charge is -2.23. The molecule has 1 aromatic carbocycles. The van der Waals surface area contributed by atoms with Gasteiger partial charge in [0.25, 0.3) is 0 Å². The van der Waals surface area contributed by atoms with Gasteiger partial charge < -0.3 is 9.88 Å². The number of aromatic nitrogens is 2. The average Bonchev–Trinajstić information content (AvgIpc) is 3.01. The summed E-state index contributed by atoms with van der Waals surface area (Å²) in [5.41, 5.74) is 0.612. The number of benzene rings is 1. The number of piperidine rings is 1. The molecule has 0 aliphatic carbocycles. The molecule has 0 unspecified atom stereocenters. The third-order valence-corrected chi connectivity index (χ3v) is 7.31. The highest BCUT2D eigenvalue weighted by Crippen LogP contribution is 2.34. The van der Waals surface area contributed by atoms with Crippen LogP contribution in [0.25, 0.3) is 10.9 Å². The Balaban J connectivity index is 1.85. The predicted molar refractivity (Wildman–Crippen MR) is 102 cm³/mol. The normalized spacial score (nSPS) is 16.1. The molecule has 0 spiro atoms. The van der Waals surface area contributed by atoms with Crippen molar-refractivity contribution in [1.29, 1.82) is 0 Å². The van der Waals surface area contributed by atoms with E-state index in [-0.39, 0.29) is 14.8 Å². The van der Waals surface area contributed by atoms with E-state index < -0.39 is 15.8 Å². The van der Waals surface area contributed by atoms with Crippen LogP contribution >= 0.6 is 11.6 Å². The lowest BCUT2D eigenvalue weighted by atomic mass is 9.98. The summed E-state index contributed by atoms with van der Waals surface area (Å²) in [6.07, 6.45) is 5.02. The molecule has 0 bridgehead atoms. The average molecular weight is 408 g/mol. The van der Waals surface area contributed by atoms with Crippen LogP contribution in [0.1, 0.15) is 12.8 Å². The van der Waals surface area contributed by atoms with Gasteiger partial charge in [-0.25, -0.2) is 13.4 Å². The maximum absolute atomic E-state index is 13.8. The minimum absolute atomic E-state index is 0.0183. The topological polar surface area (TPSA) is 64.0 Å². The lowest BCUT2D eigenvalue weighted by molar-refractivity contribution is 0.336. The Morgan fingerprint density at radius 1 is 1.22 bits per heavy atom. The summed E-state index contributed by atoms with van der Waals surface area (Å²) in [6.45, 7) is 2.56. The highest BCUT2D eigenvalue weighted by molar-refractivity contribution is 7.91. The molecule has 8 heteroatoms. The SMILES string of the molecule is O=S(=O)(c1ccccc1Cl)c1cn(CC2CCNCC2)c2cnc(F)cc12. The summed E-state index contributed by atoms with van der Waals surface area (Å²) in [5, 5.41) is 3.80. The van der Waals surface area contributed by atoms with E-state index in [1.165, 1.54) is 24.4 Å². The first-order chi connectivity index (χ1) is 13.0. The Bertz CT molecular complexity index is 1090. The fourth-order valence-corrected chi connectivity index (χ4v) is 5.60. The summed E-state index contributed by atoms with van der Waals surface area (Å²) in [4.78, 5) is 3.80. The molecule has 1 aliphatic heterocycles. The maximum Gasteiger partial charge on any atom is 0.213 e. The number of hydrogen-bond donors (Lipinski definition) is 1. The Morgan fingerprint density at radius 3 is 2.70 bits per heavy atom. The van der Waals surface area contributed by atoms with Crippen LogP contribution in [0.4, 0.5) is 4.39 Å². The molecular formula is C19H19ClFN3O2S. The van der Waals surface area contributed by atoms with Gasteiger partial charge in [-0.2, -0.15) is 4.39 Å². The van der Waals surface area contributed by atoms with Gasteiger partial charge in [-0.15, -0.1) is 0 Å². The standard InChI is InChI=1S/C19H19ClFN3O2S/c20-15-3-1-2-4-17(15)27(25,26)18-12-24(11-13-5-7-22-8-6-13)16-10-23-19(21)9-14(16)18/h1-4,9-10,12-13,22H,5-8,11H2. The molecule has 3 aromatic rings. The summed E-state index contributed by atoms with van der Waals surface area (Å²) in [7, 11) is -3.89. The number of sulfone groups is 1. The largest absolute Gasteiger partial charge is 0.345 e. The molecule has 1 fully saturated rings. The monoisotopic (exact) mass is 407 g/mol. The molecule has 1 aliphatic rings. The lowest BCUT2D eigenvalue weighted by Crippen LogP contribution is -2.29. The zero-order chi connectivity index (χ0) is 19.0. The van der Waals surface area contributed by atoms with Crippen LogP contribution in [-0.2, 0) is 16.4 Å². The van der Waals surface area contributed by atoms with Crippen LogP contribution in [0.15, 0.2) is 52.5 Å². The molecule has 0 amide bonds. The number of rotatable bonds is 4. The summed E-state index contributed by atoms with van der Waals surface area (Å²) >= 11 is 6.12. The third kappa shape index (κ3) is 3.47. The first kappa shape index (κ1) is 18.4. The van der Waals surface area contributed by atoms with Gasteiger partial charge in [0, 0.05) is 24.2 Å². The number of halogens is 2. The van der Waals surface area contributed by atoms with E-state index in [9.17, 15) is 12.8 Å². The van der Waals surface area contributed by atoms with E-state index in [2.05, 4.69) is 10.3 Å². The van der Waals surface area contributed by atoms with Gasteiger partial charge in [-0.3, -0.25) is 0 Å². The third-order valence-electron chi connectivity index (χ3n) is 5.03. The van der Waals surface area contributed by atoms with Crippen LogP contribution < -0.4 is 5.32 Å². The highest BCUT2D eigenvalue weighted by Gasteiger charge is 2.27. The molecule has 2 aromatic heterocycles. The molecule has 27 heavy (non-hydrogen) atoms. The van der Waals surface area contributed by atoms with Crippen LogP contribution in [0.5, 0.6) is 0 Å². The van der Waals surface area contributed by atoms with Crippen molar-refractivity contribution in [2.45, 2.75) is 29.2 Å². The van der Waals surface area contributed by atoms with Crippen molar-refractivity contribution in [1.82, 2.24) is 14.9 Å². The Morgan fingerprint density at radius 2 is 1.96 bits per heavy atom. The number of pyridine rings is 1. The van der Waals surface area contributed by atoms with Gasteiger partial charge in [-0.1, -0.05) is 23.7 Å². The molecule has 1 N–H and O–H groups in total. The number of fused-ring (bicyclic) bond motifs is 1. The quantitative estimate of drug-likeness (QED) is 0.670. The molecule has 3 heterocycles. The van der Waals surface area contributed by atoms with Crippen molar-refractivity contribution in [3.8, 4) is 0 Å². The second-order valence-electron chi connectivity index (χ2n) is 6.80.